The second kappa shape index (κ2) is 16.0. The Kier molecular flexibility index (Phi) is 17.4. The molecule has 0 aliphatic carbocycles. The molecule has 0 aliphatic heterocycles. The molecule has 0 bridgehead atoms. The standard InChI is InChI=1S/C20H34Br6O2/c1-3-5-6-7-8-9-10-11-12-13-14-15-16-18(21,22)20(25,26)19(23,24)17(27)28-4-2/h3-16H2,1-2H3. The number of carbonyl (C=O) groups excluding carboxylic acids is 1. The number of rotatable bonds is 17. The molecule has 0 aromatic heterocycles. The second-order valence-corrected chi connectivity index (χ2v) is 17.9. The lowest BCUT2D eigenvalue weighted by Gasteiger charge is -2.41. The van der Waals surface area contributed by atoms with E-state index in [9.17, 15) is 4.79 Å². The number of ether oxygens (including phenoxy) is 1. The summed E-state index contributed by atoms with van der Waals surface area (Å²) in [5.74, 6) is -0.387. The highest BCUT2D eigenvalue weighted by Crippen LogP contribution is 2.61. The van der Waals surface area contributed by atoms with E-state index in [0.717, 1.165) is 12.8 Å². The third kappa shape index (κ3) is 10.8. The molecule has 0 saturated carbocycles. The smallest absolute Gasteiger partial charge is 0.336 e. The molecule has 0 aromatic carbocycles. The van der Waals surface area contributed by atoms with Crippen molar-refractivity contribution in [1.82, 2.24) is 0 Å². The third-order valence-electron chi connectivity index (χ3n) is 4.73. The van der Waals surface area contributed by atoms with Crippen molar-refractivity contribution >= 4 is 102 Å². The van der Waals surface area contributed by atoms with Crippen molar-refractivity contribution < 1.29 is 9.53 Å². The number of hydrogen-bond acceptors (Lipinski definition) is 2. The fourth-order valence-corrected chi connectivity index (χ4v) is 6.77. The highest BCUT2D eigenvalue weighted by molar-refractivity contribution is 9.33. The van der Waals surface area contributed by atoms with Crippen LogP contribution in [0.5, 0.6) is 0 Å². The van der Waals surface area contributed by atoms with Crippen LogP contribution in [0, 0.1) is 0 Å². The summed E-state index contributed by atoms with van der Waals surface area (Å²) in [6, 6.07) is 0. The lowest BCUT2D eigenvalue weighted by molar-refractivity contribution is -0.143. The number of unbranched alkanes of at least 4 members (excludes halogenated alkanes) is 11. The zero-order chi connectivity index (χ0) is 21.7. The predicted octanol–water partition coefficient (Wildman–Crippen LogP) is 10.1. The van der Waals surface area contributed by atoms with E-state index in [1.165, 1.54) is 70.6 Å². The summed E-state index contributed by atoms with van der Waals surface area (Å²) in [6.07, 6.45) is 16.7. The molecule has 168 valence electrons. The van der Waals surface area contributed by atoms with E-state index in [1.54, 1.807) is 6.92 Å². The molecule has 0 aromatic rings. The Morgan fingerprint density at radius 1 is 0.679 bits per heavy atom. The molecule has 0 aliphatic rings. The van der Waals surface area contributed by atoms with E-state index >= 15 is 0 Å². The van der Waals surface area contributed by atoms with Crippen molar-refractivity contribution in [3.63, 3.8) is 0 Å². The molecule has 8 heteroatoms. The van der Waals surface area contributed by atoms with Gasteiger partial charge in [0.25, 0.3) is 0 Å². The number of alkyl halides is 6. The molecule has 0 unspecified atom stereocenters. The molecule has 0 radical (unpaired) electrons. The predicted molar refractivity (Wildman–Crippen MR) is 144 cm³/mol. The first-order chi connectivity index (χ1) is 13.0. The molecule has 0 spiro atoms. The fraction of sp³-hybridized carbons (Fsp3) is 0.950. The zero-order valence-electron chi connectivity index (χ0n) is 17.0. The molecule has 2 nitrogen and oxygen atoms in total. The molecule has 0 fully saturated rings. The average Bonchev–Trinajstić information content (AvgIpc) is 2.62. The summed E-state index contributed by atoms with van der Waals surface area (Å²) in [5.41, 5.74) is 0. The maximum atomic E-state index is 12.3. The minimum atomic E-state index is -1.12. The summed E-state index contributed by atoms with van der Waals surface area (Å²) in [4.78, 5) is 12.3. The first kappa shape index (κ1) is 30.4. The van der Waals surface area contributed by atoms with Crippen LogP contribution in [0.4, 0.5) is 0 Å². The van der Waals surface area contributed by atoms with Gasteiger partial charge in [-0.1, -0.05) is 180 Å². The zero-order valence-corrected chi connectivity index (χ0v) is 26.5. The van der Waals surface area contributed by atoms with Crippen LogP contribution in [-0.2, 0) is 9.53 Å². The number of esters is 1. The fourth-order valence-electron chi connectivity index (χ4n) is 2.92. The molecular weight excluding hydrogens is 752 g/mol. The van der Waals surface area contributed by atoms with Crippen molar-refractivity contribution in [1.29, 1.82) is 0 Å². The van der Waals surface area contributed by atoms with Crippen LogP contribution in [0.3, 0.4) is 0 Å². The summed E-state index contributed by atoms with van der Waals surface area (Å²) in [6.45, 7) is 4.38. The van der Waals surface area contributed by atoms with Crippen LogP contribution in [0.15, 0.2) is 0 Å². The van der Waals surface area contributed by atoms with Crippen LogP contribution >= 0.6 is 95.6 Å². The van der Waals surface area contributed by atoms with Gasteiger partial charge in [0.05, 0.1) is 6.61 Å². The van der Waals surface area contributed by atoms with Gasteiger partial charge < -0.3 is 4.74 Å². The van der Waals surface area contributed by atoms with Crippen molar-refractivity contribution in [3.05, 3.63) is 0 Å². The van der Waals surface area contributed by atoms with E-state index in [4.69, 9.17) is 4.74 Å². The van der Waals surface area contributed by atoms with Crippen LogP contribution in [0.1, 0.15) is 97.3 Å². The molecule has 0 atom stereocenters. The Hall–Kier alpha value is 2.35. The Labute approximate surface area is 222 Å². The summed E-state index contributed by atoms with van der Waals surface area (Å²) >= 11 is 21.7. The van der Waals surface area contributed by atoms with E-state index in [0.29, 0.717) is 6.61 Å². The Bertz CT molecular complexity index is 427. The van der Waals surface area contributed by atoms with Gasteiger partial charge in [-0.3, -0.25) is 0 Å². The van der Waals surface area contributed by atoms with E-state index in [2.05, 4.69) is 103 Å². The molecule has 0 rings (SSSR count). The van der Waals surface area contributed by atoms with Gasteiger partial charge in [-0.25, -0.2) is 4.79 Å². The first-order valence-electron chi connectivity index (χ1n) is 10.3. The van der Waals surface area contributed by atoms with E-state index < -0.39 is 9.70 Å². The van der Waals surface area contributed by atoms with Crippen molar-refractivity contribution in [2.24, 2.45) is 0 Å². The lowest BCUT2D eigenvalue weighted by atomic mass is 10.0. The van der Waals surface area contributed by atoms with Crippen LogP contribution in [0.25, 0.3) is 0 Å². The van der Waals surface area contributed by atoms with Gasteiger partial charge in [-0.05, 0) is 13.3 Å². The van der Waals surface area contributed by atoms with Gasteiger partial charge in [0.1, 0.15) is 6.47 Å². The topological polar surface area (TPSA) is 26.3 Å². The molecule has 0 heterocycles. The first-order valence-corrected chi connectivity index (χ1v) is 15.1. The Morgan fingerprint density at radius 2 is 1.07 bits per heavy atom. The maximum absolute atomic E-state index is 12.3. The second-order valence-electron chi connectivity index (χ2n) is 7.21. The molecule has 0 amide bonds. The van der Waals surface area contributed by atoms with Gasteiger partial charge in [-0.2, -0.15) is 0 Å². The summed E-state index contributed by atoms with van der Waals surface area (Å²) < 4.78 is 2.69. The van der Waals surface area contributed by atoms with E-state index in [1.807, 2.05) is 0 Å². The SMILES string of the molecule is CCCCCCCCCCCCCCC(Br)(Br)C(Br)(Br)C(Br)(Br)C(=O)OCC. The Balaban J connectivity index is 4.08. The lowest BCUT2D eigenvalue weighted by Crippen LogP contribution is -2.52. The summed E-state index contributed by atoms with van der Waals surface area (Å²) in [5, 5.41) is 0. The van der Waals surface area contributed by atoms with Crippen LogP contribution < -0.4 is 0 Å². The quantitative estimate of drug-likeness (QED) is 0.0834. The molecular formula is C20H34Br6O2. The van der Waals surface area contributed by atoms with Crippen LogP contribution in [0.2, 0.25) is 0 Å². The normalized spacial score (nSPS) is 13.0. The van der Waals surface area contributed by atoms with Crippen molar-refractivity contribution in [2.45, 2.75) is 107 Å². The Morgan fingerprint density at radius 3 is 1.46 bits per heavy atom. The van der Waals surface area contributed by atoms with Crippen molar-refractivity contribution in [2.75, 3.05) is 6.61 Å². The van der Waals surface area contributed by atoms with E-state index in [-0.39, 0.29) is 5.97 Å². The highest BCUT2D eigenvalue weighted by atomic mass is 79.9. The minimum Gasteiger partial charge on any atom is -0.464 e. The van der Waals surface area contributed by atoms with Gasteiger partial charge in [0, 0.05) is 0 Å². The molecule has 0 saturated heterocycles. The van der Waals surface area contributed by atoms with Gasteiger partial charge in [0.15, 0.2) is 0 Å². The number of hydrogen-bond donors (Lipinski definition) is 0. The van der Waals surface area contributed by atoms with Gasteiger partial charge in [-0.15, -0.1) is 0 Å². The molecule has 28 heavy (non-hydrogen) atoms. The molecule has 0 N–H and O–H groups in total. The minimum absolute atomic E-state index is 0.324. The average molecular weight is 786 g/mol. The van der Waals surface area contributed by atoms with Gasteiger partial charge >= 0.3 is 5.97 Å². The maximum Gasteiger partial charge on any atom is 0.336 e. The summed E-state index contributed by atoms with van der Waals surface area (Å²) in [7, 11) is 0. The van der Waals surface area contributed by atoms with Crippen LogP contribution in [-0.4, -0.2) is 22.3 Å². The number of carbonyl (C=O) groups is 1. The van der Waals surface area contributed by atoms with Crippen molar-refractivity contribution in [3.8, 4) is 0 Å². The highest BCUT2D eigenvalue weighted by Gasteiger charge is 2.61. The largest absolute Gasteiger partial charge is 0.464 e. The van der Waals surface area contributed by atoms with Gasteiger partial charge in [0.2, 0.25) is 3.23 Å². The monoisotopic (exact) mass is 780 g/mol. The third-order valence-corrected chi connectivity index (χ3v) is 15.3. The number of halogens is 6.